The van der Waals surface area contributed by atoms with Gasteiger partial charge in [0.1, 0.15) is 6.54 Å². The van der Waals surface area contributed by atoms with Crippen LogP contribution in [-0.4, -0.2) is 23.6 Å². The molecule has 0 aliphatic carbocycles. The first-order valence-corrected chi connectivity index (χ1v) is 8.62. The molecule has 0 spiro atoms. The number of ether oxygens (including phenoxy) is 1. The van der Waals surface area contributed by atoms with Gasteiger partial charge in [0, 0.05) is 5.56 Å². The number of para-hydroxylation sites is 1. The van der Waals surface area contributed by atoms with E-state index in [0.29, 0.717) is 10.4 Å². The molecular weight excluding hydrogens is 336 g/mol. The summed E-state index contributed by atoms with van der Waals surface area (Å²) in [6, 6.07) is 13.3. The van der Waals surface area contributed by atoms with Crippen LogP contribution in [0.4, 0.5) is 0 Å². The summed E-state index contributed by atoms with van der Waals surface area (Å²) < 4.78 is 7.44. The van der Waals surface area contributed by atoms with Crippen LogP contribution in [0.2, 0.25) is 0 Å². The number of hydrogen-bond donors (Lipinski definition) is 0. The Bertz CT molecular complexity index is 1010. The zero-order valence-corrected chi connectivity index (χ0v) is 15.1. The summed E-state index contributed by atoms with van der Waals surface area (Å²) >= 11 is 1.38. The van der Waals surface area contributed by atoms with E-state index in [1.165, 1.54) is 18.4 Å². The lowest BCUT2D eigenvalue weighted by molar-refractivity contribution is -0.141. The fourth-order valence-electron chi connectivity index (χ4n) is 2.70. The molecule has 0 saturated heterocycles. The van der Waals surface area contributed by atoms with Crippen molar-refractivity contribution in [2.45, 2.75) is 20.4 Å². The molecule has 0 atom stereocenters. The van der Waals surface area contributed by atoms with Crippen LogP contribution >= 0.6 is 11.3 Å². The van der Waals surface area contributed by atoms with Crippen molar-refractivity contribution in [3.05, 3.63) is 64.0 Å². The second-order valence-corrected chi connectivity index (χ2v) is 6.82. The fourth-order valence-corrected chi connectivity index (χ4v) is 3.73. The molecule has 3 aromatic rings. The first kappa shape index (κ1) is 17.1. The molecule has 0 N–H and O–H groups in total. The molecule has 0 radical (unpaired) electrons. The third-order valence-electron chi connectivity index (χ3n) is 3.77. The third-order valence-corrected chi connectivity index (χ3v) is 4.83. The van der Waals surface area contributed by atoms with Gasteiger partial charge in [-0.05, 0) is 38.1 Å². The van der Waals surface area contributed by atoms with E-state index in [0.717, 1.165) is 21.3 Å². The summed E-state index contributed by atoms with van der Waals surface area (Å²) in [6.45, 7) is 3.90. The van der Waals surface area contributed by atoms with Crippen LogP contribution < -0.4 is 4.80 Å². The highest BCUT2D eigenvalue weighted by Gasteiger charge is 2.12. The van der Waals surface area contributed by atoms with Gasteiger partial charge in [-0.25, -0.2) is 0 Å². The maximum atomic E-state index is 12.6. The van der Waals surface area contributed by atoms with Gasteiger partial charge in [0.25, 0.3) is 5.91 Å². The van der Waals surface area contributed by atoms with Crippen LogP contribution in [0, 0.1) is 13.8 Å². The van der Waals surface area contributed by atoms with Crippen LogP contribution in [0.15, 0.2) is 47.5 Å². The number of carbonyl (C=O) groups excluding carboxylic acids is 2. The Balaban J connectivity index is 2.13. The molecule has 128 valence electrons. The van der Waals surface area contributed by atoms with Crippen LogP contribution in [0.25, 0.3) is 10.2 Å². The van der Waals surface area contributed by atoms with Crippen molar-refractivity contribution in [1.82, 2.24) is 4.57 Å². The second-order valence-electron chi connectivity index (χ2n) is 5.81. The van der Waals surface area contributed by atoms with Gasteiger partial charge in [-0.1, -0.05) is 40.7 Å². The maximum Gasteiger partial charge on any atom is 0.325 e. The summed E-state index contributed by atoms with van der Waals surface area (Å²) in [6.07, 6.45) is 0. The fraction of sp³-hybridized carbons (Fsp3) is 0.211. The number of aromatic nitrogens is 1. The number of carbonyl (C=O) groups is 2. The van der Waals surface area contributed by atoms with Crippen molar-refractivity contribution in [3.8, 4) is 0 Å². The van der Waals surface area contributed by atoms with Crippen molar-refractivity contribution in [2.24, 2.45) is 4.99 Å². The first-order valence-electron chi connectivity index (χ1n) is 7.80. The summed E-state index contributed by atoms with van der Waals surface area (Å²) in [5.41, 5.74) is 3.42. The van der Waals surface area contributed by atoms with E-state index >= 15 is 0 Å². The number of aryl methyl sites for hydroxylation is 2. The average molecular weight is 354 g/mol. The molecule has 0 bridgehead atoms. The van der Waals surface area contributed by atoms with Gasteiger partial charge in [-0.15, -0.1) is 0 Å². The highest BCUT2D eigenvalue weighted by atomic mass is 32.1. The number of fused-ring (bicyclic) bond motifs is 1. The highest BCUT2D eigenvalue weighted by molar-refractivity contribution is 7.16. The molecule has 25 heavy (non-hydrogen) atoms. The SMILES string of the molecule is COC(=O)Cn1c(=NC(=O)c2cc(C)cc(C)c2)sc2ccccc21. The number of amides is 1. The topological polar surface area (TPSA) is 60.7 Å². The number of esters is 1. The molecule has 0 aliphatic rings. The van der Waals surface area contributed by atoms with Crippen molar-refractivity contribution >= 4 is 33.4 Å². The van der Waals surface area contributed by atoms with Gasteiger partial charge in [-0.3, -0.25) is 9.59 Å². The molecule has 3 rings (SSSR count). The van der Waals surface area contributed by atoms with Gasteiger partial charge in [0.2, 0.25) is 0 Å². The zero-order valence-electron chi connectivity index (χ0n) is 14.3. The minimum Gasteiger partial charge on any atom is -0.468 e. The molecule has 1 heterocycles. The number of nitrogens with zero attached hydrogens (tertiary/aromatic N) is 2. The van der Waals surface area contributed by atoms with E-state index < -0.39 is 0 Å². The summed E-state index contributed by atoms with van der Waals surface area (Å²) in [5.74, 6) is -0.708. The average Bonchev–Trinajstić information content (AvgIpc) is 2.91. The predicted molar refractivity (Wildman–Crippen MR) is 97.6 cm³/mol. The number of benzene rings is 2. The van der Waals surface area contributed by atoms with Crippen molar-refractivity contribution in [2.75, 3.05) is 7.11 Å². The molecule has 6 heteroatoms. The standard InChI is InChI=1S/C19H18N2O3S/c1-12-8-13(2)10-14(9-12)18(23)20-19-21(11-17(22)24-3)15-6-4-5-7-16(15)25-19/h4-10H,11H2,1-3H3. The predicted octanol–water partition coefficient (Wildman–Crippen LogP) is 3.23. The van der Waals surface area contributed by atoms with Crippen LogP contribution in [0.1, 0.15) is 21.5 Å². The van der Waals surface area contributed by atoms with E-state index in [4.69, 9.17) is 4.74 Å². The van der Waals surface area contributed by atoms with Gasteiger partial charge in [-0.2, -0.15) is 4.99 Å². The maximum absolute atomic E-state index is 12.6. The molecule has 0 aliphatic heterocycles. The number of rotatable bonds is 3. The Morgan fingerprint density at radius 2 is 1.80 bits per heavy atom. The number of methoxy groups -OCH3 is 1. The Kier molecular flexibility index (Phi) is 4.81. The Labute approximate surface area is 149 Å². The Morgan fingerprint density at radius 1 is 1.12 bits per heavy atom. The van der Waals surface area contributed by atoms with E-state index in [1.807, 2.05) is 56.3 Å². The van der Waals surface area contributed by atoms with E-state index in [9.17, 15) is 9.59 Å². The summed E-state index contributed by atoms with van der Waals surface area (Å²) in [5, 5.41) is 0. The summed E-state index contributed by atoms with van der Waals surface area (Å²) in [4.78, 5) is 29.1. The monoisotopic (exact) mass is 354 g/mol. The normalized spacial score (nSPS) is 11.7. The number of hydrogen-bond acceptors (Lipinski definition) is 4. The molecule has 2 aromatic carbocycles. The largest absolute Gasteiger partial charge is 0.468 e. The Morgan fingerprint density at radius 3 is 2.48 bits per heavy atom. The zero-order chi connectivity index (χ0) is 18.0. The first-order chi connectivity index (χ1) is 12.0. The molecule has 0 unspecified atom stereocenters. The highest BCUT2D eigenvalue weighted by Crippen LogP contribution is 2.17. The molecule has 5 nitrogen and oxygen atoms in total. The second kappa shape index (κ2) is 7.03. The molecular formula is C19H18N2O3S. The molecule has 1 amide bonds. The van der Waals surface area contributed by atoms with E-state index in [1.54, 1.807) is 4.57 Å². The van der Waals surface area contributed by atoms with Crippen molar-refractivity contribution in [3.63, 3.8) is 0 Å². The molecule has 0 saturated carbocycles. The van der Waals surface area contributed by atoms with Gasteiger partial charge >= 0.3 is 5.97 Å². The van der Waals surface area contributed by atoms with Crippen LogP contribution in [0.3, 0.4) is 0 Å². The smallest absolute Gasteiger partial charge is 0.325 e. The third kappa shape index (κ3) is 3.69. The Hall–Kier alpha value is -2.73. The molecule has 1 aromatic heterocycles. The van der Waals surface area contributed by atoms with Crippen LogP contribution in [0.5, 0.6) is 0 Å². The van der Waals surface area contributed by atoms with Gasteiger partial charge in [0.15, 0.2) is 4.80 Å². The van der Waals surface area contributed by atoms with Crippen LogP contribution in [-0.2, 0) is 16.1 Å². The lowest BCUT2D eigenvalue weighted by atomic mass is 10.1. The van der Waals surface area contributed by atoms with Gasteiger partial charge in [0.05, 0.1) is 17.3 Å². The minimum absolute atomic E-state index is 0.0134. The van der Waals surface area contributed by atoms with Gasteiger partial charge < -0.3 is 9.30 Å². The molecule has 0 fully saturated rings. The van der Waals surface area contributed by atoms with Crippen molar-refractivity contribution < 1.29 is 14.3 Å². The van der Waals surface area contributed by atoms with E-state index in [2.05, 4.69) is 4.99 Å². The lowest BCUT2D eigenvalue weighted by Crippen LogP contribution is -2.22. The van der Waals surface area contributed by atoms with Crippen molar-refractivity contribution in [1.29, 1.82) is 0 Å². The summed E-state index contributed by atoms with van der Waals surface area (Å²) in [7, 11) is 1.34. The van der Waals surface area contributed by atoms with E-state index in [-0.39, 0.29) is 18.4 Å². The lowest BCUT2D eigenvalue weighted by Gasteiger charge is -2.04. The minimum atomic E-state index is -0.385. The quantitative estimate of drug-likeness (QED) is 0.679. The number of thiazole rings is 1.